The van der Waals surface area contributed by atoms with Gasteiger partial charge < -0.3 is 5.43 Å². The lowest BCUT2D eigenvalue weighted by Gasteiger charge is -2.16. The summed E-state index contributed by atoms with van der Waals surface area (Å²) >= 11 is 0. The molecule has 0 aliphatic carbocycles. The van der Waals surface area contributed by atoms with Gasteiger partial charge in [-0.1, -0.05) is 18.2 Å². The number of nitrogens with two attached hydrogens (primary N) is 1. The van der Waals surface area contributed by atoms with Gasteiger partial charge >= 0.3 is 0 Å². The zero-order chi connectivity index (χ0) is 15.5. The number of rotatable bonds is 5. The average molecular weight is 310 g/mol. The highest BCUT2D eigenvalue weighted by atomic mass is 32.2. The van der Waals surface area contributed by atoms with E-state index >= 15 is 0 Å². The van der Waals surface area contributed by atoms with Crippen LogP contribution in [0.4, 0.5) is 10.1 Å². The van der Waals surface area contributed by atoms with Gasteiger partial charge in [-0.2, -0.15) is 0 Å². The number of hydrogen-bond donors (Lipinski definition) is 3. The van der Waals surface area contributed by atoms with Crippen molar-refractivity contribution in [2.75, 3.05) is 5.43 Å². The van der Waals surface area contributed by atoms with E-state index in [0.29, 0.717) is 0 Å². The van der Waals surface area contributed by atoms with Gasteiger partial charge in [0.25, 0.3) is 10.0 Å². The maximum Gasteiger partial charge on any atom is 0.260 e. The van der Waals surface area contributed by atoms with Crippen LogP contribution in [-0.2, 0) is 10.0 Å². The van der Waals surface area contributed by atoms with Crippen molar-refractivity contribution in [3.8, 4) is 0 Å². The van der Waals surface area contributed by atoms with Gasteiger partial charge in [-0.3, -0.25) is 5.84 Å². The third-order valence-corrected chi connectivity index (χ3v) is 4.38. The first-order valence-electron chi connectivity index (χ1n) is 6.14. The second kappa shape index (κ2) is 6.17. The smallest absolute Gasteiger partial charge is 0.260 e. The Balaban J connectivity index is 2.32. The summed E-state index contributed by atoms with van der Waals surface area (Å²) in [6.45, 7) is 1.55. The van der Waals surface area contributed by atoms with Gasteiger partial charge in [-0.05, 0) is 25.1 Å². The largest absolute Gasteiger partial charge is 0.321 e. The Kier molecular flexibility index (Phi) is 4.51. The van der Waals surface area contributed by atoms with Crippen molar-refractivity contribution in [3.63, 3.8) is 0 Å². The van der Waals surface area contributed by atoms with Gasteiger partial charge in [0.05, 0.1) is 5.69 Å². The summed E-state index contributed by atoms with van der Waals surface area (Å²) in [5.41, 5.74) is 2.68. The van der Waals surface area contributed by atoms with Crippen molar-refractivity contribution in [1.29, 1.82) is 0 Å². The molecular weight excluding hydrogens is 295 g/mol. The molecule has 0 aliphatic rings. The minimum Gasteiger partial charge on any atom is -0.321 e. The number of hydrazine groups is 1. The summed E-state index contributed by atoms with van der Waals surface area (Å²) < 4.78 is 40.7. The minimum atomic E-state index is -3.94. The molecule has 21 heavy (non-hydrogen) atoms. The van der Waals surface area contributed by atoms with E-state index in [9.17, 15) is 12.8 Å². The lowest BCUT2D eigenvalue weighted by molar-refractivity contribution is 0.547. The number of anilines is 1. The highest BCUT2D eigenvalue weighted by Gasteiger charge is 2.23. The van der Waals surface area contributed by atoms with Crippen molar-refractivity contribution in [2.24, 2.45) is 5.84 Å². The summed E-state index contributed by atoms with van der Waals surface area (Å²) in [5.74, 6) is 4.79. The van der Waals surface area contributed by atoms with E-state index in [4.69, 9.17) is 5.84 Å². The Morgan fingerprint density at radius 1 is 1.24 bits per heavy atom. The molecule has 4 N–H and O–H groups in total. The molecule has 0 aliphatic heterocycles. The zero-order valence-corrected chi connectivity index (χ0v) is 12.1. The summed E-state index contributed by atoms with van der Waals surface area (Å²) in [5, 5.41) is -0.240. The predicted octanol–water partition coefficient (Wildman–Crippen LogP) is 1.55. The van der Waals surface area contributed by atoms with Gasteiger partial charge in [-0.15, -0.1) is 0 Å². The molecule has 0 bridgehead atoms. The minimum absolute atomic E-state index is 0.158. The van der Waals surface area contributed by atoms with Crippen LogP contribution >= 0.6 is 0 Å². The first-order chi connectivity index (χ1) is 9.95. The summed E-state index contributed by atoms with van der Waals surface area (Å²) in [7, 11) is -3.94. The molecule has 1 atom stereocenters. The third kappa shape index (κ3) is 3.35. The number of pyridine rings is 1. The van der Waals surface area contributed by atoms with Crippen LogP contribution in [0.25, 0.3) is 0 Å². The number of halogens is 1. The maximum absolute atomic E-state index is 13.7. The molecule has 1 aromatic carbocycles. The van der Waals surface area contributed by atoms with Crippen molar-refractivity contribution in [2.45, 2.75) is 18.0 Å². The van der Waals surface area contributed by atoms with Gasteiger partial charge in [0.1, 0.15) is 5.82 Å². The van der Waals surface area contributed by atoms with Gasteiger partial charge in [0.2, 0.25) is 0 Å². The fourth-order valence-corrected chi connectivity index (χ4v) is 3.21. The second-order valence-electron chi connectivity index (χ2n) is 4.36. The molecule has 112 valence electrons. The molecule has 0 radical (unpaired) electrons. The van der Waals surface area contributed by atoms with Crippen LogP contribution in [0.3, 0.4) is 0 Å². The van der Waals surface area contributed by atoms with Crippen molar-refractivity contribution >= 4 is 15.7 Å². The number of nitrogen functional groups attached to an aromatic ring is 1. The Labute approximate surface area is 122 Å². The SMILES string of the molecule is CC(NS(=O)(=O)c1ncccc1NN)c1ccccc1F. The molecule has 0 saturated heterocycles. The summed E-state index contributed by atoms with van der Waals surface area (Å²) in [6, 6.07) is 8.25. The van der Waals surface area contributed by atoms with Crippen LogP contribution in [-0.4, -0.2) is 13.4 Å². The quantitative estimate of drug-likeness (QED) is 0.575. The fourth-order valence-electron chi connectivity index (χ4n) is 1.89. The normalized spacial score (nSPS) is 12.9. The van der Waals surface area contributed by atoms with Crippen molar-refractivity contribution in [1.82, 2.24) is 9.71 Å². The molecule has 2 rings (SSSR count). The van der Waals surface area contributed by atoms with E-state index in [1.165, 1.54) is 30.5 Å². The monoisotopic (exact) mass is 310 g/mol. The van der Waals surface area contributed by atoms with E-state index in [1.54, 1.807) is 19.1 Å². The molecular formula is C13H15FN4O2S. The Morgan fingerprint density at radius 3 is 2.62 bits per heavy atom. The number of hydrogen-bond acceptors (Lipinski definition) is 5. The Hall–Kier alpha value is -2.03. The van der Waals surface area contributed by atoms with E-state index in [-0.39, 0.29) is 16.3 Å². The van der Waals surface area contributed by atoms with E-state index in [1.807, 2.05) is 0 Å². The zero-order valence-electron chi connectivity index (χ0n) is 11.2. The molecule has 1 unspecified atom stereocenters. The number of aromatic nitrogens is 1. The lowest BCUT2D eigenvalue weighted by Crippen LogP contribution is -2.29. The maximum atomic E-state index is 13.7. The molecule has 1 heterocycles. The molecule has 0 fully saturated rings. The fraction of sp³-hybridized carbons (Fsp3) is 0.154. The van der Waals surface area contributed by atoms with Crippen LogP contribution in [0, 0.1) is 5.82 Å². The number of nitrogens with one attached hydrogen (secondary N) is 2. The van der Waals surface area contributed by atoms with Crippen LogP contribution in [0.15, 0.2) is 47.6 Å². The highest BCUT2D eigenvalue weighted by Crippen LogP contribution is 2.21. The van der Waals surface area contributed by atoms with Crippen LogP contribution < -0.4 is 16.0 Å². The second-order valence-corrected chi connectivity index (χ2v) is 5.99. The Morgan fingerprint density at radius 2 is 1.95 bits per heavy atom. The number of nitrogens with zero attached hydrogens (tertiary/aromatic N) is 1. The third-order valence-electron chi connectivity index (χ3n) is 2.88. The molecule has 0 spiro atoms. The molecule has 8 heteroatoms. The van der Waals surface area contributed by atoms with Crippen LogP contribution in [0.1, 0.15) is 18.5 Å². The van der Waals surface area contributed by atoms with Crippen LogP contribution in [0.5, 0.6) is 0 Å². The van der Waals surface area contributed by atoms with Gasteiger partial charge in [0, 0.05) is 17.8 Å². The standard InChI is InChI=1S/C13H15FN4O2S/c1-9(10-5-2-3-6-11(10)14)18-21(19,20)13-12(17-15)7-4-8-16-13/h2-9,17-18H,15H2,1H3. The van der Waals surface area contributed by atoms with Crippen molar-refractivity contribution in [3.05, 3.63) is 54.0 Å². The summed E-state index contributed by atoms with van der Waals surface area (Å²) in [6.07, 6.45) is 1.34. The molecule has 1 aromatic heterocycles. The number of sulfonamides is 1. The first-order valence-corrected chi connectivity index (χ1v) is 7.62. The Bertz CT molecular complexity index is 736. The van der Waals surface area contributed by atoms with E-state index in [2.05, 4.69) is 15.1 Å². The lowest BCUT2D eigenvalue weighted by atomic mass is 10.1. The topological polar surface area (TPSA) is 97.1 Å². The molecule has 0 amide bonds. The predicted molar refractivity (Wildman–Crippen MR) is 77.2 cm³/mol. The average Bonchev–Trinajstić information content (AvgIpc) is 2.47. The highest BCUT2D eigenvalue weighted by molar-refractivity contribution is 7.89. The van der Waals surface area contributed by atoms with Gasteiger partial charge in [0.15, 0.2) is 5.03 Å². The first kappa shape index (κ1) is 15.4. The molecule has 0 saturated carbocycles. The molecule has 6 nitrogen and oxygen atoms in total. The van der Waals surface area contributed by atoms with E-state index < -0.39 is 21.9 Å². The van der Waals surface area contributed by atoms with E-state index in [0.717, 1.165) is 0 Å². The van der Waals surface area contributed by atoms with Gasteiger partial charge in [-0.25, -0.2) is 22.5 Å². The molecule has 2 aromatic rings. The van der Waals surface area contributed by atoms with Crippen LogP contribution in [0.2, 0.25) is 0 Å². The number of benzene rings is 1. The summed E-state index contributed by atoms with van der Waals surface area (Å²) in [4.78, 5) is 3.80. The van der Waals surface area contributed by atoms with Crippen molar-refractivity contribution < 1.29 is 12.8 Å².